The summed E-state index contributed by atoms with van der Waals surface area (Å²) in [6, 6.07) is 7.61. The maximum absolute atomic E-state index is 12.1. The second-order valence-electron chi connectivity index (χ2n) is 3.60. The number of sulfonamides is 1. The van der Waals surface area contributed by atoms with Crippen molar-refractivity contribution in [3.05, 3.63) is 46.6 Å². The number of nitrogens with zero attached hydrogens (tertiary/aromatic N) is 1. The molecule has 8 heteroatoms. The largest absolute Gasteiger partial charge is 0.396 e. The molecule has 0 radical (unpaired) electrons. The summed E-state index contributed by atoms with van der Waals surface area (Å²) < 4.78 is 26.6. The molecule has 1 aromatic heterocycles. The summed E-state index contributed by atoms with van der Waals surface area (Å²) in [7, 11) is -3.91. The van der Waals surface area contributed by atoms with Crippen molar-refractivity contribution in [1.82, 2.24) is 4.98 Å². The molecule has 0 amide bonds. The number of benzene rings is 1. The van der Waals surface area contributed by atoms with E-state index >= 15 is 0 Å². The average Bonchev–Trinajstić information content (AvgIpc) is 2.35. The van der Waals surface area contributed by atoms with Crippen LogP contribution >= 0.6 is 23.2 Å². The number of halogens is 2. The van der Waals surface area contributed by atoms with Gasteiger partial charge in [-0.3, -0.25) is 4.72 Å². The Labute approximate surface area is 120 Å². The fourth-order valence-electron chi connectivity index (χ4n) is 1.40. The van der Waals surface area contributed by atoms with E-state index in [1.165, 1.54) is 18.3 Å². The van der Waals surface area contributed by atoms with Gasteiger partial charge >= 0.3 is 0 Å². The first-order chi connectivity index (χ1) is 8.92. The fourth-order valence-corrected chi connectivity index (χ4v) is 2.94. The second-order valence-corrected chi connectivity index (χ2v) is 5.99. The van der Waals surface area contributed by atoms with Gasteiger partial charge in [0.15, 0.2) is 5.03 Å². The molecular formula is C11H9Cl2N3O2S. The first-order valence-electron chi connectivity index (χ1n) is 5.09. The summed E-state index contributed by atoms with van der Waals surface area (Å²) in [5.74, 6) is 0. The van der Waals surface area contributed by atoms with E-state index in [2.05, 4.69) is 9.71 Å². The molecule has 0 unspecified atom stereocenters. The highest BCUT2D eigenvalue weighted by molar-refractivity contribution is 7.92. The average molecular weight is 318 g/mol. The number of nitrogens with two attached hydrogens (primary N) is 1. The minimum atomic E-state index is -3.91. The Kier molecular flexibility index (Phi) is 3.84. The quantitative estimate of drug-likeness (QED) is 0.911. The zero-order chi connectivity index (χ0) is 14.0. The minimum Gasteiger partial charge on any atom is -0.396 e. The Morgan fingerprint density at radius 1 is 1.16 bits per heavy atom. The van der Waals surface area contributed by atoms with Gasteiger partial charge in [-0.15, -0.1) is 0 Å². The van der Waals surface area contributed by atoms with Crippen molar-refractivity contribution in [2.75, 3.05) is 10.5 Å². The van der Waals surface area contributed by atoms with Crippen molar-refractivity contribution >= 4 is 44.6 Å². The third-order valence-electron chi connectivity index (χ3n) is 2.25. The van der Waals surface area contributed by atoms with Gasteiger partial charge in [-0.05, 0) is 24.3 Å². The molecule has 0 aliphatic heterocycles. The summed E-state index contributed by atoms with van der Waals surface area (Å²) >= 11 is 11.7. The van der Waals surface area contributed by atoms with E-state index < -0.39 is 10.0 Å². The maximum atomic E-state index is 12.1. The minimum absolute atomic E-state index is 0.0492. The first-order valence-corrected chi connectivity index (χ1v) is 7.33. The van der Waals surface area contributed by atoms with Crippen molar-refractivity contribution in [1.29, 1.82) is 0 Å². The molecule has 0 fully saturated rings. The van der Waals surface area contributed by atoms with Crippen LogP contribution in [0.15, 0.2) is 41.6 Å². The normalized spacial score (nSPS) is 11.3. The summed E-state index contributed by atoms with van der Waals surface area (Å²) in [6.45, 7) is 0. The third-order valence-corrected chi connectivity index (χ3v) is 4.41. The Hall–Kier alpha value is -1.50. The van der Waals surface area contributed by atoms with Crippen LogP contribution in [0.3, 0.4) is 0 Å². The number of nitrogens with one attached hydrogen (secondary N) is 1. The van der Waals surface area contributed by atoms with Crippen molar-refractivity contribution in [3.63, 3.8) is 0 Å². The van der Waals surface area contributed by atoms with Crippen LogP contribution in [0.5, 0.6) is 0 Å². The third kappa shape index (κ3) is 2.91. The number of hydrogen-bond acceptors (Lipinski definition) is 4. The van der Waals surface area contributed by atoms with Crippen LogP contribution in [0, 0.1) is 0 Å². The molecule has 1 aromatic carbocycles. The molecule has 1 heterocycles. The topological polar surface area (TPSA) is 85.1 Å². The Morgan fingerprint density at radius 2 is 1.89 bits per heavy atom. The van der Waals surface area contributed by atoms with Crippen LogP contribution in [0.25, 0.3) is 0 Å². The molecule has 0 bridgehead atoms. The van der Waals surface area contributed by atoms with Gasteiger partial charge in [-0.25, -0.2) is 4.98 Å². The molecule has 19 heavy (non-hydrogen) atoms. The second kappa shape index (κ2) is 5.24. The molecule has 100 valence electrons. The molecule has 0 aliphatic carbocycles. The van der Waals surface area contributed by atoms with Crippen LogP contribution in [0.1, 0.15) is 0 Å². The lowest BCUT2D eigenvalue weighted by molar-refractivity contribution is 0.598. The van der Waals surface area contributed by atoms with Gasteiger partial charge in [-0.2, -0.15) is 8.42 Å². The van der Waals surface area contributed by atoms with Gasteiger partial charge in [0.1, 0.15) is 0 Å². The SMILES string of the molecule is Nc1cccnc1S(=O)(=O)Nc1cccc(Cl)c1Cl. The highest BCUT2D eigenvalue weighted by atomic mass is 35.5. The lowest BCUT2D eigenvalue weighted by Gasteiger charge is -2.10. The van der Waals surface area contributed by atoms with Crippen LogP contribution in [-0.2, 0) is 10.0 Å². The number of anilines is 2. The molecule has 5 nitrogen and oxygen atoms in total. The van der Waals surface area contributed by atoms with Crippen molar-refractivity contribution in [2.45, 2.75) is 5.03 Å². The van der Waals surface area contributed by atoms with Crippen LogP contribution < -0.4 is 10.5 Å². The van der Waals surface area contributed by atoms with Gasteiger partial charge in [0, 0.05) is 6.20 Å². The van der Waals surface area contributed by atoms with Crippen LogP contribution in [0.4, 0.5) is 11.4 Å². The molecular weight excluding hydrogens is 309 g/mol. The first kappa shape index (κ1) is 13.9. The maximum Gasteiger partial charge on any atom is 0.281 e. The van der Waals surface area contributed by atoms with E-state index in [-0.39, 0.29) is 26.4 Å². The van der Waals surface area contributed by atoms with E-state index in [0.717, 1.165) is 0 Å². The van der Waals surface area contributed by atoms with Crippen molar-refractivity contribution < 1.29 is 8.42 Å². The molecule has 0 atom stereocenters. The summed E-state index contributed by atoms with van der Waals surface area (Å²) in [4.78, 5) is 3.75. The predicted octanol–water partition coefficient (Wildman–Crippen LogP) is 2.77. The van der Waals surface area contributed by atoms with Crippen molar-refractivity contribution in [2.24, 2.45) is 0 Å². The monoisotopic (exact) mass is 317 g/mol. The lowest BCUT2D eigenvalue weighted by Crippen LogP contribution is -2.16. The van der Waals surface area contributed by atoms with E-state index in [1.807, 2.05) is 0 Å². The number of aromatic nitrogens is 1. The number of pyridine rings is 1. The number of rotatable bonds is 3. The Balaban J connectivity index is 2.43. The smallest absolute Gasteiger partial charge is 0.281 e. The highest BCUT2D eigenvalue weighted by Crippen LogP contribution is 2.31. The van der Waals surface area contributed by atoms with Gasteiger partial charge in [0.05, 0.1) is 21.4 Å². The highest BCUT2D eigenvalue weighted by Gasteiger charge is 2.20. The number of hydrogen-bond donors (Lipinski definition) is 2. The van der Waals surface area contributed by atoms with E-state index in [9.17, 15) is 8.42 Å². The molecule has 0 aliphatic rings. The van der Waals surface area contributed by atoms with E-state index in [4.69, 9.17) is 28.9 Å². The predicted molar refractivity (Wildman–Crippen MR) is 75.9 cm³/mol. The Bertz CT molecular complexity index is 720. The van der Waals surface area contributed by atoms with Gasteiger partial charge < -0.3 is 5.73 Å². The molecule has 0 saturated heterocycles. The summed E-state index contributed by atoms with van der Waals surface area (Å²) in [6.07, 6.45) is 1.34. The zero-order valence-corrected chi connectivity index (χ0v) is 11.8. The fraction of sp³-hybridized carbons (Fsp3) is 0. The standard InChI is InChI=1S/C11H9Cl2N3O2S/c12-7-3-1-5-9(10(7)13)16-19(17,18)11-8(14)4-2-6-15-11/h1-6,16H,14H2. The molecule has 3 N–H and O–H groups in total. The molecule has 0 spiro atoms. The molecule has 2 aromatic rings. The zero-order valence-electron chi connectivity index (χ0n) is 9.47. The van der Waals surface area contributed by atoms with E-state index in [0.29, 0.717) is 0 Å². The lowest BCUT2D eigenvalue weighted by atomic mass is 10.3. The summed E-state index contributed by atoms with van der Waals surface area (Å²) in [5, 5.41) is 0.101. The summed E-state index contributed by atoms with van der Waals surface area (Å²) in [5.41, 5.74) is 5.80. The van der Waals surface area contributed by atoms with Gasteiger partial charge in [-0.1, -0.05) is 29.3 Å². The Morgan fingerprint density at radius 3 is 2.58 bits per heavy atom. The van der Waals surface area contributed by atoms with Crippen molar-refractivity contribution in [3.8, 4) is 0 Å². The number of nitrogen functional groups attached to an aromatic ring is 1. The van der Waals surface area contributed by atoms with Gasteiger partial charge in [0.2, 0.25) is 0 Å². The molecule has 0 saturated carbocycles. The molecule has 2 rings (SSSR count). The van der Waals surface area contributed by atoms with Crippen LogP contribution in [-0.4, -0.2) is 13.4 Å². The van der Waals surface area contributed by atoms with Gasteiger partial charge in [0.25, 0.3) is 10.0 Å². The van der Waals surface area contributed by atoms with Crippen LogP contribution in [0.2, 0.25) is 10.0 Å². The van der Waals surface area contributed by atoms with E-state index in [1.54, 1.807) is 18.2 Å².